The van der Waals surface area contributed by atoms with Crippen molar-refractivity contribution in [1.82, 2.24) is 25.0 Å². The van der Waals surface area contributed by atoms with Crippen LogP contribution in [0.15, 0.2) is 54.2 Å². The van der Waals surface area contributed by atoms with Crippen molar-refractivity contribution >= 4 is 33.4 Å². The predicted molar refractivity (Wildman–Crippen MR) is 91.5 cm³/mol. The first-order chi connectivity index (χ1) is 11.8. The second-order valence-corrected chi connectivity index (χ2v) is 5.92. The summed E-state index contributed by atoms with van der Waals surface area (Å²) in [6, 6.07) is 11.3. The van der Waals surface area contributed by atoms with Crippen LogP contribution < -0.4 is 5.32 Å². The van der Waals surface area contributed by atoms with Gasteiger partial charge in [-0.3, -0.25) is 9.78 Å². The number of carbonyl (C=O) groups excluding carboxylic acids is 1. The zero-order chi connectivity index (χ0) is 16.4. The number of rotatable bonds is 4. The standard InChI is InChI=1S/C16H12N6OS/c23-15(9-22-14-6-2-1-5-12(14)20-21-22)19-16-18-13(10-24-16)11-4-3-7-17-8-11/h1-8,10H,9H2,(H,18,19,23). The molecule has 0 saturated heterocycles. The van der Waals surface area contributed by atoms with Gasteiger partial charge in [0.2, 0.25) is 5.91 Å². The van der Waals surface area contributed by atoms with E-state index in [1.165, 1.54) is 11.3 Å². The average molecular weight is 336 g/mol. The van der Waals surface area contributed by atoms with E-state index in [1.54, 1.807) is 17.1 Å². The Morgan fingerprint density at radius 1 is 1.21 bits per heavy atom. The SMILES string of the molecule is O=C(Cn1nnc2ccccc21)Nc1nc(-c2cccnc2)cs1. The van der Waals surface area contributed by atoms with Crippen LogP contribution in [0.25, 0.3) is 22.3 Å². The molecule has 0 unspecified atom stereocenters. The minimum absolute atomic E-state index is 0.0856. The first-order valence-corrected chi connectivity index (χ1v) is 8.11. The summed E-state index contributed by atoms with van der Waals surface area (Å²) in [6.07, 6.45) is 3.45. The van der Waals surface area contributed by atoms with Gasteiger partial charge in [-0.25, -0.2) is 9.67 Å². The van der Waals surface area contributed by atoms with Crippen molar-refractivity contribution in [1.29, 1.82) is 0 Å². The molecular weight excluding hydrogens is 324 g/mol. The molecule has 0 saturated carbocycles. The van der Waals surface area contributed by atoms with E-state index in [0.717, 1.165) is 22.3 Å². The fourth-order valence-corrected chi connectivity index (χ4v) is 3.04. The molecule has 3 heterocycles. The summed E-state index contributed by atoms with van der Waals surface area (Å²) in [5.74, 6) is -0.197. The highest BCUT2D eigenvalue weighted by Gasteiger charge is 2.11. The van der Waals surface area contributed by atoms with Crippen molar-refractivity contribution < 1.29 is 4.79 Å². The molecule has 0 bridgehead atoms. The molecule has 0 spiro atoms. The zero-order valence-corrected chi connectivity index (χ0v) is 13.3. The molecule has 0 radical (unpaired) electrons. The first-order valence-electron chi connectivity index (χ1n) is 7.23. The summed E-state index contributed by atoms with van der Waals surface area (Å²) in [7, 11) is 0. The predicted octanol–water partition coefficient (Wildman–Crippen LogP) is 2.59. The minimum atomic E-state index is -0.197. The summed E-state index contributed by atoms with van der Waals surface area (Å²) < 4.78 is 1.57. The van der Waals surface area contributed by atoms with E-state index in [9.17, 15) is 4.79 Å². The van der Waals surface area contributed by atoms with E-state index in [0.29, 0.717) is 5.13 Å². The van der Waals surface area contributed by atoms with Crippen LogP contribution in [0.1, 0.15) is 0 Å². The maximum Gasteiger partial charge on any atom is 0.247 e. The van der Waals surface area contributed by atoms with Crippen molar-refractivity contribution in [2.24, 2.45) is 0 Å². The van der Waals surface area contributed by atoms with Crippen LogP contribution in [0.2, 0.25) is 0 Å². The lowest BCUT2D eigenvalue weighted by atomic mass is 10.2. The lowest BCUT2D eigenvalue weighted by Crippen LogP contribution is -2.19. The number of nitrogens with zero attached hydrogens (tertiary/aromatic N) is 5. The Labute approximate surface area is 141 Å². The summed E-state index contributed by atoms with van der Waals surface area (Å²) in [5, 5.41) is 13.3. The van der Waals surface area contributed by atoms with E-state index in [2.05, 4.69) is 25.6 Å². The Morgan fingerprint density at radius 2 is 2.12 bits per heavy atom. The Balaban J connectivity index is 1.48. The van der Waals surface area contributed by atoms with Crippen LogP contribution in [0.3, 0.4) is 0 Å². The van der Waals surface area contributed by atoms with Gasteiger partial charge in [-0.15, -0.1) is 16.4 Å². The van der Waals surface area contributed by atoms with Gasteiger partial charge in [0.25, 0.3) is 0 Å². The Morgan fingerprint density at radius 3 is 3.00 bits per heavy atom. The molecule has 1 N–H and O–H groups in total. The number of pyridine rings is 1. The number of nitrogens with one attached hydrogen (secondary N) is 1. The molecule has 0 aliphatic carbocycles. The second kappa shape index (κ2) is 6.17. The largest absolute Gasteiger partial charge is 0.300 e. The molecule has 7 nitrogen and oxygen atoms in total. The van der Waals surface area contributed by atoms with E-state index in [4.69, 9.17) is 0 Å². The molecule has 118 valence electrons. The molecule has 0 aliphatic rings. The van der Waals surface area contributed by atoms with Crippen molar-refractivity contribution in [3.8, 4) is 11.3 Å². The van der Waals surface area contributed by atoms with Gasteiger partial charge in [-0.2, -0.15) is 0 Å². The molecule has 1 aromatic carbocycles. The smallest absolute Gasteiger partial charge is 0.247 e. The fourth-order valence-electron chi connectivity index (χ4n) is 2.31. The molecule has 1 amide bonds. The van der Waals surface area contributed by atoms with E-state index >= 15 is 0 Å². The third-order valence-electron chi connectivity index (χ3n) is 3.42. The highest BCUT2D eigenvalue weighted by molar-refractivity contribution is 7.14. The van der Waals surface area contributed by atoms with Crippen LogP contribution in [0, 0.1) is 0 Å². The van der Waals surface area contributed by atoms with E-state index < -0.39 is 0 Å². The number of anilines is 1. The molecule has 24 heavy (non-hydrogen) atoms. The lowest BCUT2D eigenvalue weighted by Gasteiger charge is -2.02. The number of carbonyl (C=O) groups is 1. The summed E-state index contributed by atoms with van der Waals surface area (Å²) in [6.45, 7) is 0.0856. The molecule has 4 aromatic rings. The zero-order valence-electron chi connectivity index (χ0n) is 12.5. The number of thiazole rings is 1. The van der Waals surface area contributed by atoms with Gasteiger partial charge in [-0.1, -0.05) is 17.3 Å². The number of hydrogen-bond acceptors (Lipinski definition) is 6. The van der Waals surface area contributed by atoms with Crippen molar-refractivity contribution in [3.63, 3.8) is 0 Å². The van der Waals surface area contributed by atoms with Crippen LogP contribution in [0.4, 0.5) is 5.13 Å². The number of fused-ring (bicyclic) bond motifs is 1. The van der Waals surface area contributed by atoms with Crippen LogP contribution in [-0.2, 0) is 11.3 Å². The number of hydrogen-bond donors (Lipinski definition) is 1. The molecule has 0 atom stereocenters. The van der Waals surface area contributed by atoms with Gasteiger partial charge in [0, 0.05) is 23.3 Å². The lowest BCUT2D eigenvalue weighted by molar-refractivity contribution is -0.116. The highest BCUT2D eigenvalue weighted by Crippen LogP contribution is 2.24. The molecule has 4 rings (SSSR count). The van der Waals surface area contributed by atoms with Gasteiger partial charge in [0.15, 0.2) is 5.13 Å². The summed E-state index contributed by atoms with van der Waals surface area (Å²) >= 11 is 1.37. The van der Waals surface area contributed by atoms with Crippen molar-refractivity contribution in [3.05, 3.63) is 54.2 Å². The number of benzene rings is 1. The number of para-hydroxylation sites is 1. The fraction of sp³-hybridized carbons (Fsp3) is 0.0625. The quantitative estimate of drug-likeness (QED) is 0.619. The number of aromatic nitrogens is 5. The Hall–Kier alpha value is -3.13. The highest BCUT2D eigenvalue weighted by atomic mass is 32.1. The Bertz CT molecular complexity index is 994. The number of amides is 1. The summed E-state index contributed by atoms with van der Waals surface area (Å²) in [4.78, 5) is 20.7. The third-order valence-corrected chi connectivity index (χ3v) is 4.18. The van der Waals surface area contributed by atoms with Gasteiger partial charge in [0.1, 0.15) is 12.1 Å². The first kappa shape index (κ1) is 14.5. The Kier molecular flexibility index (Phi) is 3.72. The molecular formula is C16H12N6OS. The minimum Gasteiger partial charge on any atom is -0.300 e. The maximum atomic E-state index is 12.2. The van der Waals surface area contributed by atoms with Gasteiger partial charge in [-0.05, 0) is 24.3 Å². The topological polar surface area (TPSA) is 85.6 Å². The van der Waals surface area contributed by atoms with Gasteiger partial charge >= 0.3 is 0 Å². The van der Waals surface area contributed by atoms with Gasteiger partial charge < -0.3 is 5.32 Å². The molecule has 8 heteroatoms. The van der Waals surface area contributed by atoms with E-state index in [-0.39, 0.29) is 12.5 Å². The van der Waals surface area contributed by atoms with Crippen LogP contribution in [0.5, 0.6) is 0 Å². The van der Waals surface area contributed by atoms with Gasteiger partial charge in [0.05, 0.1) is 11.2 Å². The van der Waals surface area contributed by atoms with Crippen molar-refractivity contribution in [2.45, 2.75) is 6.54 Å². The monoisotopic (exact) mass is 336 g/mol. The van der Waals surface area contributed by atoms with E-state index in [1.807, 2.05) is 41.8 Å². The van der Waals surface area contributed by atoms with Crippen LogP contribution in [-0.4, -0.2) is 30.9 Å². The maximum absolute atomic E-state index is 12.2. The second-order valence-electron chi connectivity index (χ2n) is 5.06. The van der Waals surface area contributed by atoms with Crippen LogP contribution >= 0.6 is 11.3 Å². The summed E-state index contributed by atoms with van der Waals surface area (Å²) in [5.41, 5.74) is 3.28. The third kappa shape index (κ3) is 2.86. The molecule has 3 aromatic heterocycles. The molecule has 0 aliphatic heterocycles. The average Bonchev–Trinajstić information content (AvgIpc) is 3.23. The van der Waals surface area contributed by atoms with Crippen molar-refractivity contribution in [2.75, 3.05) is 5.32 Å². The normalized spacial score (nSPS) is 10.8. The molecule has 0 fully saturated rings.